The molecular formula is C25H31N3O3. The van der Waals surface area contributed by atoms with Crippen LogP contribution in [0.5, 0.6) is 0 Å². The van der Waals surface area contributed by atoms with Gasteiger partial charge in [-0.2, -0.15) is 0 Å². The number of fused-ring (bicyclic) bond motifs is 1. The van der Waals surface area contributed by atoms with Gasteiger partial charge in [0.25, 0.3) is 5.56 Å². The van der Waals surface area contributed by atoms with Gasteiger partial charge in [0.2, 0.25) is 5.91 Å². The average Bonchev–Trinajstić information content (AvgIpc) is 2.76. The van der Waals surface area contributed by atoms with Crippen LogP contribution in [0.2, 0.25) is 0 Å². The lowest BCUT2D eigenvalue weighted by atomic mass is 9.94. The molecule has 1 aromatic heterocycles. The molecule has 3 rings (SSSR count). The van der Waals surface area contributed by atoms with Gasteiger partial charge in [0.05, 0.1) is 16.9 Å². The Bertz CT molecular complexity index is 1060. The number of benzene rings is 2. The van der Waals surface area contributed by atoms with E-state index in [1.54, 1.807) is 18.2 Å². The smallest absolute Gasteiger partial charge is 0.258 e. The molecule has 0 radical (unpaired) electrons. The molecule has 0 saturated carbocycles. The normalized spacial score (nSPS) is 12.3. The number of H-pyrrole nitrogens is 1. The molecule has 1 heterocycles. The molecular weight excluding hydrogens is 390 g/mol. The number of unbranched alkanes of at least 4 members (excludes halogenated alkanes) is 1. The van der Waals surface area contributed by atoms with Crippen molar-refractivity contribution in [3.63, 3.8) is 0 Å². The number of carbonyl (C=O) groups is 1. The number of amides is 1. The van der Waals surface area contributed by atoms with Crippen molar-refractivity contribution in [1.29, 1.82) is 0 Å². The summed E-state index contributed by atoms with van der Waals surface area (Å²) < 4.78 is 5.52. The van der Waals surface area contributed by atoms with Crippen molar-refractivity contribution < 1.29 is 9.53 Å². The topological polar surface area (TPSA) is 84.1 Å². The summed E-state index contributed by atoms with van der Waals surface area (Å²) in [6.07, 6.45) is 3.43. The molecule has 164 valence electrons. The predicted molar refractivity (Wildman–Crippen MR) is 123 cm³/mol. The number of para-hydroxylation sites is 1. The second kappa shape index (κ2) is 10.9. The van der Waals surface area contributed by atoms with E-state index < -0.39 is 0 Å². The van der Waals surface area contributed by atoms with Crippen molar-refractivity contribution in [2.75, 3.05) is 6.61 Å². The minimum atomic E-state index is -0.212. The van der Waals surface area contributed by atoms with E-state index in [1.807, 2.05) is 6.07 Å². The van der Waals surface area contributed by atoms with Crippen LogP contribution in [-0.4, -0.2) is 22.5 Å². The van der Waals surface area contributed by atoms with Crippen LogP contribution in [0.4, 0.5) is 0 Å². The van der Waals surface area contributed by atoms with E-state index >= 15 is 0 Å². The van der Waals surface area contributed by atoms with Gasteiger partial charge in [-0.25, -0.2) is 4.98 Å². The zero-order chi connectivity index (χ0) is 22.2. The fourth-order valence-corrected chi connectivity index (χ4v) is 3.57. The summed E-state index contributed by atoms with van der Waals surface area (Å²) in [7, 11) is 0. The summed E-state index contributed by atoms with van der Waals surface area (Å²) in [5, 5.41) is 3.60. The molecule has 0 aliphatic carbocycles. The number of nitrogens with one attached hydrogen (secondary N) is 2. The summed E-state index contributed by atoms with van der Waals surface area (Å²) in [6.45, 7) is 6.32. The summed E-state index contributed by atoms with van der Waals surface area (Å²) in [5.74, 6) is 0.445. The third-order valence-corrected chi connectivity index (χ3v) is 5.27. The maximum absolute atomic E-state index is 12.5. The SMILES string of the molecule is CCCCc1ccc(C(NC(=O)COCc2nc3ccccc3c(=O)[nH]2)C(C)C)cc1. The van der Waals surface area contributed by atoms with Crippen LogP contribution in [0.1, 0.15) is 56.6 Å². The highest BCUT2D eigenvalue weighted by Crippen LogP contribution is 2.22. The number of aromatic nitrogens is 2. The van der Waals surface area contributed by atoms with Crippen LogP contribution in [0, 0.1) is 5.92 Å². The summed E-state index contributed by atoms with van der Waals surface area (Å²) in [6, 6.07) is 15.5. The van der Waals surface area contributed by atoms with Crippen molar-refractivity contribution in [3.8, 4) is 0 Å². The van der Waals surface area contributed by atoms with Crippen LogP contribution in [0.15, 0.2) is 53.3 Å². The summed E-state index contributed by atoms with van der Waals surface area (Å²) >= 11 is 0. The van der Waals surface area contributed by atoms with Crippen molar-refractivity contribution in [2.45, 2.75) is 52.7 Å². The standard InChI is InChI=1S/C25H31N3O3/c1-4-5-8-18-11-13-19(14-12-18)24(17(2)3)28-23(29)16-31-15-22-26-21-10-7-6-9-20(21)25(30)27-22/h6-7,9-14,17,24H,4-5,8,15-16H2,1-3H3,(H,28,29)(H,26,27,30). The third kappa shape index (κ3) is 6.25. The Hall–Kier alpha value is -2.99. The zero-order valence-electron chi connectivity index (χ0n) is 18.5. The number of ether oxygens (including phenoxy) is 1. The van der Waals surface area contributed by atoms with Crippen molar-refractivity contribution >= 4 is 16.8 Å². The lowest BCUT2D eigenvalue weighted by Gasteiger charge is -2.23. The van der Waals surface area contributed by atoms with Crippen molar-refractivity contribution in [3.05, 3.63) is 75.8 Å². The second-order valence-electron chi connectivity index (χ2n) is 8.16. The van der Waals surface area contributed by atoms with Gasteiger partial charge in [0.1, 0.15) is 19.0 Å². The van der Waals surface area contributed by atoms with Crippen molar-refractivity contribution in [2.24, 2.45) is 5.92 Å². The quantitative estimate of drug-likeness (QED) is 0.511. The fourth-order valence-electron chi connectivity index (χ4n) is 3.57. The van der Waals surface area contributed by atoms with Gasteiger partial charge >= 0.3 is 0 Å². The number of rotatable bonds is 10. The van der Waals surface area contributed by atoms with Gasteiger partial charge in [0.15, 0.2) is 0 Å². The van der Waals surface area contributed by atoms with Gasteiger partial charge in [-0.15, -0.1) is 0 Å². The Morgan fingerprint density at radius 1 is 1.13 bits per heavy atom. The highest BCUT2D eigenvalue weighted by Gasteiger charge is 2.18. The number of hydrogen-bond donors (Lipinski definition) is 2. The van der Waals surface area contributed by atoms with E-state index in [1.165, 1.54) is 18.4 Å². The van der Waals surface area contributed by atoms with Crippen molar-refractivity contribution in [1.82, 2.24) is 15.3 Å². The van der Waals surface area contributed by atoms with E-state index in [-0.39, 0.29) is 36.6 Å². The monoisotopic (exact) mass is 421 g/mol. The summed E-state index contributed by atoms with van der Waals surface area (Å²) in [5.41, 5.74) is 2.80. The summed E-state index contributed by atoms with van der Waals surface area (Å²) in [4.78, 5) is 31.7. The largest absolute Gasteiger partial charge is 0.364 e. The second-order valence-corrected chi connectivity index (χ2v) is 8.16. The lowest BCUT2D eigenvalue weighted by molar-refractivity contribution is -0.127. The third-order valence-electron chi connectivity index (χ3n) is 5.27. The van der Waals surface area contributed by atoms with Crippen LogP contribution >= 0.6 is 0 Å². The molecule has 0 spiro atoms. The number of nitrogens with zero attached hydrogens (tertiary/aromatic N) is 1. The Morgan fingerprint density at radius 3 is 2.58 bits per heavy atom. The van der Waals surface area contributed by atoms with Crippen LogP contribution < -0.4 is 10.9 Å². The Morgan fingerprint density at radius 2 is 1.87 bits per heavy atom. The minimum Gasteiger partial charge on any atom is -0.364 e. The minimum absolute atomic E-state index is 0.0615. The molecule has 3 aromatic rings. The number of hydrogen-bond acceptors (Lipinski definition) is 4. The molecule has 0 aliphatic heterocycles. The molecule has 0 fully saturated rings. The highest BCUT2D eigenvalue weighted by molar-refractivity contribution is 5.78. The maximum Gasteiger partial charge on any atom is 0.258 e. The first kappa shape index (κ1) is 22.7. The Balaban J connectivity index is 1.56. The van der Waals surface area contributed by atoms with Crippen LogP contribution in [0.3, 0.4) is 0 Å². The van der Waals surface area contributed by atoms with E-state index in [9.17, 15) is 9.59 Å². The van der Waals surface area contributed by atoms with Gasteiger partial charge in [-0.05, 0) is 42.0 Å². The Kier molecular flexibility index (Phi) is 7.95. The highest BCUT2D eigenvalue weighted by atomic mass is 16.5. The first-order chi connectivity index (χ1) is 15.0. The van der Waals surface area contributed by atoms with Gasteiger partial charge < -0.3 is 15.0 Å². The van der Waals surface area contributed by atoms with E-state index in [2.05, 4.69) is 60.3 Å². The molecule has 0 bridgehead atoms. The number of aromatic amines is 1. The zero-order valence-corrected chi connectivity index (χ0v) is 18.5. The molecule has 1 amide bonds. The molecule has 1 atom stereocenters. The molecule has 31 heavy (non-hydrogen) atoms. The van der Waals surface area contributed by atoms with E-state index in [4.69, 9.17) is 4.74 Å². The molecule has 0 saturated heterocycles. The molecule has 2 aromatic carbocycles. The molecule has 1 unspecified atom stereocenters. The fraction of sp³-hybridized carbons (Fsp3) is 0.400. The van der Waals surface area contributed by atoms with Crippen LogP contribution in [-0.2, 0) is 22.6 Å². The van der Waals surface area contributed by atoms with Gasteiger partial charge in [-0.1, -0.05) is 63.6 Å². The first-order valence-corrected chi connectivity index (χ1v) is 10.9. The maximum atomic E-state index is 12.5. The predicted octanol–water partition coefficient (Wildman–Crippen LogP) is 4.30. The first-order valence-electron chi connectivity index (χ1n) is 10.9. The van der Waals surface area contributed by atoms with Gasteiger partial charge in [0, 0.05) is 0 Å². The lowest BCUT2D eigenvalue weighted by Crippen LogP contribution is -2.34. The van der Waals surface area contributed by atoms with E-state index in [0.717, 1.165) is 12.0 Å². The molecule has 6 nitrogen and oxygen atoms in total. The van der Waals surface area contributed by atoms with Gasteiger partial charge in [-0.3, -0.25) is 9.59 Å². The Labute approximate surface area is 183 Å². The molecule has 6 heteroatoms. The number of carbonyl (C=O) groups excluding carboxylic acids is 1. The van der Waals surface area contributed by atoms with Crippen LogP contribution in [0.25, 0.3) is 10.9 Å². The molecule has 0 aliphatic rings. The number of aryl methyl sites for hydroxylation is 1. The average molecular weight is 422 g/mol. The van der Waals surface area contributed by atoms with E-state index in [0.29, 0.717) is 16.7 Å². The molecule has 2 N–H and O–H groups in total.